The first kappa shape index (κ1) is 14.0. The predicted octanol–water partition coefficient (Wildman–Crippen LogP) is 0.577. The smallest absolute Gasteiger partial charge is 0.287 e. The predicted molar refractivity (Wildman–Crippen MR) is 73.1 cm³/mol. The number of hydrogen-bond acceptors (Lipinski definition) is 5. The molecular formula is C13H17N5O2. The molecule has 0 saturated carbocycles. The van der Waals surface area contributed by atoms with Crippen molar-refractivity contribution < 1.29 is 9.53 Å². The van der Waals surface area contributed by atoms with Crippen LogP contribution in [0.15, 0.2) is 24.4 Å². The Morgan fingerprint density at radius 3 is 2.95 bits per heavy atom. The molecule has 7 heteroatoms. The largest absolute Gasteiger partial charge is 0.491 e. The van der Waals surface area contributed by atoms with Crippen LogP contribution < -0.4 is 16.0 Å². The number of hydrogen-bond donors (Lipinski definition) is 2. The molecule has 0 fully saturated rings. The Bertz CT molecular complexity index is 609. The number of rotatable bonds is 5. The van der Waals surface area contributed by atoms with Gasteiger partial charge < -0.3 is 4.74 Å². The van der Waals surface area contributed by atoms with Crippen LogP contribution in [0.25, 0.3) is 0 Å². The average Bonchev–Trinajstić information content (AvgIpc) is 2.89. The van der Waals surface area contributed by atoms with Gasteiger partial charge in [-0.1, -0.05) is 22.9 Å². The van der Waals surface area contributed by atoms with Gasteiger partial charge in [0.2, 0.25) is 0 Å². The second kappa shape index (κ2) is 6.16. The van der Waals surface area contributed by atoms with E-state index in [2.05, 4.69) is 16.4 Å². The Morgan fingerprint density at radius 1 is 1.45 bits per heavy atom. The standard InChI is InChI=1S/C13H17N5O2/c1-9-3-4-12(10(2)7-9)20-6-5-18-8-11(16-17-18)13(19)15-14/h3-4,7-8H,5-6,14H2,1-2H3,(H,15,19). The fraction of sp³-hybridized carbons (Fsp3) is 0.308. The van der Waals surface area contributed by atoms with E-state index in [1.807, 2.05) is 31.4 Å². The van der Waals surface area contributed by atoms with Gasteiger partial charge in [0.1, 0.15) is 12.4 Å². The number of benzene rings is 1. The van der Waals surface area contributed by atoms with Gasteiger partial charge in [-0.3, -0.25) is 10.2 Å². The normalized spacial score (nSPS) is 10.3. The highest BCUT2D eigenvalue weighted by atomic mass is 16.5. The summed E-state index contributed by atoms with van der Waals surface area (Å²) in [5.41, 5.74) is 4.47. The summed E-state index contributed by atoms with van der Waals surface area (Å²) < 4.78 is 7.21. The summed E-state index contributed by atoms with van der Waals surface area (Å²) in [6.07, 6.45) is 1.52. The second-order valence-corrected chi connectivity index (χ2v) is 4.46. The van der Waals surface area contributed by atoms with Crippen LogP contribution in [0.3, 0.4) is 0 Å². The fourth-order valence-electron chi connectivity index (χ4n) is 1.80. The Hall–Kier alpha value is -2.41. The van der Waals surface area contributed by atoms with Crippen LogP contribution in [0.2, 0.25) is 0 Å². The highest BCUT2D eigenvalue weighted by molar-refractivity contribution is 5.91. The molecule has 0 radical (unpaired) electrons. The number of nitrogen functional groups attached to an aromatic ring is 1. The highest BCUT2D eigenvalue weighted by Crippen LogP contribution is 2.18. The van der Waals surface area contributed by atoms with Crippen molar-refractivity contribution in [3.8, 4) is 5.75 Å². The topological polar surface area (TPSA) is 95.1 Å². The molecule has 2 rings (SSSR count). The molecule has 0 atom stereocenters. The van der Waals surface area contributed by atoms with Crippen molar-refractivity contribution in [1.82, 2.24) is 20.4 Å². The number of carbonyl (C=O) groups is 1. The molecule has 0 bridgehead atoms. The third-order valence-electron chi connectivity index (χ3n) is 2.81. The number of nitrogens with zero attached hydrogens (tertiary/aromatic N) is 3. The molecule has 1 heterocycles. The minimum Gasteiger partial charge on any atom is -0.491 e. The first-order valence-electron chi connectivity index (χ1n) is 6.21. The van der Waals surface area contributed by atoms with Crippen molar-refractivity contribution in [3.05, 3.63) is 41.2 Å². The lowest BCUT2D eigenvalue weighted by atomic mass is 10.1. The molecule has 20 heavy (non-hydrogen) atoms. The van der Waals surface area contributed by atoms with E-state index < -0.39 is 5.91 Å². The van der Waals surface area contributed by atoms with E-state index in [1.165, 1.54) is 16.4 Å². The van der Waals surface area contributed by atoms with E-state index >= 15 is 0 Å². The molecule has 1 aromatic heterocycles. The van der Waals surface area contributed by atoms with Crippen LogP contribution in [0, 0.1) is 13.8 Å². The molecule has 1 amide bonds. The van der Waals surface area contributed by atoms with Crippen molar-refractivity contribution in [2.45, 2.75) is 20.4 Å². The van der Waals surface area contributed by atoms with Gasteiger partial charge in [-0.05, 0) is 25.5 Å². The average molecular weight is 275 g/mol. The third-order valence-corrected chi connectivity index (χ3v) is 2.81. The summed E-state index contributed by atoms with van der Waals surface area (Å²) in [6.45, 7) is 4.98. The number of aromatic nitrogens is 3. The minimum absolute atomic E-state index is 0.180. The fourth-order valence-corrected chi connectivity index (χ4v) is 1.80. The maximum absolute atomic E-state index is 11.2. The lowest BCUT2D eigenvalue weighted by Gasteiger charge is -2.09. The molecule has 0 aliphatic heterocycles. The van der Waals surface area contributed by atoms with Crippen LogP contribution in [0.1, 0.15) is 21.6 Å². The van der Waals surface area contributed by atoms with Crippen LogP contribution in [-0.4, -0.2) is 27.5 Å². The van der Waals surface area contributed by atoms with Crippen LogP contribution >= 0.6 is 0 Å². The third kappa shape index (κ3) is 3.33. The van der Waals surface area contributed by atoms with E-state index in [4.69, 9.17) is 10.6 Å². The van der Waals surface area contributed by atoms with Crippen LogP contribution in [0.5, 0.6) is 5.75 Å². The lowest BCUT2D eigenvalue weighted by Crippen LogP contribution is -2.30. The Balaban J connectivity index is 1.89. The Kier molecular flexibility index (Phi) is 4.31. The molecule has 106 valence electrons. The summed E-state index contributed by atoms with van der Waals surface area (Å²) in [4.78, 5) is 11.2. The number of amides is 1. The molecule has 0 saturated heterocycles. The zero-order chi connectivity index (χ0) is 14.5. The highest BCUT2D eigenvalue weighted by Gasteiger charge is 2.08. The van der Waals surface area contributed by atoms with Crippen molar-refractivity contribution in [1.29, 1.82) is 0 Å². The molecule has 7 nitrogen and oxygen atoms in total. The number of carbonyl (C=O) groups excluding carboxylic acids is 1. The Labute approximate surface area is 116 Å². The number of aryl methyl sites for hydroxylation is 2. The van der Waals surface area contributed by atoms with Crippen molar-refractivity contribution in [2.75, 3.05) is 6.61 Å². The van der Waals surface area contributed by atoms with Gasteiger partial charge >= 0.3 is 0 Å². The van der Waals surface area contributed by atoms with Gasteiger partial charge in [0.25, 0.3) is 5.91 Å². The number of hydrazine groups is 1. The monoisotopic (exact) mass is 275 g/mol. The summed E-state index contributed by atoms with van der Waals surface area (Å²) in [6, 6.07) is 6.01. The van der Waals surface area contributed by atoms with E-state index in [9.17, 15) is 4.79 Å². The first-order chi connectivity index (χ1) is 9.60. The van der Waals surface area contributed by atoms with E-state index in [0.29, 0.717) is 13.2 Å². The summed E-state index contributed by atoms with van der Waals surface area (Å²) in [7, 11) is 0. The SMILES string of the molecule is Cc1ccc(OCCn2cc(C(=O)NN)nn2)c(C)c1. The minimum atomic E-state index is -0.466. The first-order valence-corrected chi connectivity index (χ1v) is 6.21. The van der Waals surface area contributed by atoms with E-state index in [1.54, 1.807) is 0 Å². The van der Waals surface area contributed by atoms with Gasteiger partial charge in [-0.2, -0.15) is 0 Å². The van der Waals surface area contributed by atoms with E-state index in [0.717, 1.165) is 11.3 Å². The lowest BCUT2D eigenvalue weighted by molar-refractivity contribution is 0.0948. The molecule has 0 spiro atoms. The maximum atomic E-state index is 11.2. The second-order valence-electron chi connectivity index (χ2n) is 4.46. The van der Waals surface area contributed by atoms with Gasteiger partial charge in [-0.15, -0.1) is 5.10 Å². The van der Waals surface area contributed by atoms with Gasteiger partial charge in [-0.25, -0.2) is 10.5 Å². The number of nitrogens with one attached hydrogen (secondary N) is 1. The van der Waals surface area contributed by atoms with Gasteiger partial charge in [0.05, 0.1) is 12.7 Å². The zero-order valence-electron chi connectivity index (χ0n) is 11.5. The molecule has 0 aliphatic rings. The summed E-state index contributed by atoms with van der Waals surface area (Å²) >= 11 is 0. The molecular weight excluding hydrogens is 258 g/mol. The molecule has 3 N–H and O–H groups in total. The van der Waals surface area contributed by atoms with Gasteiger partial charge in [0, 0.05) is 0 Å². The van der Waals surface area contributed by atoms with Crippen molar-refractivity contribution >= 4 is 5.91 Å². The summed E-state index contributed by atoms with van der Waals surface area (Å²) in [5.74, 6) is 5.39. The maximum Gasteiger partial charge on any atom is 0.287 e. The van der Waals surface area contributed by atoms with Crippen LogP contribution in [-0.2, 0) is 6.54 Å². The van der Waals surface area contributed by atoms with Crippen LogP contribution in [0.4, 0.5) is 0 Å². The zero-order valence-corrected chi connectivity index (χ0v) is 11.5. The number of ether oxygens (including phenoxy) is 1. The molecule has 0 unspecified atom stereocenters. The van der Waals surface area contributed by atoms with Crippen molar-refractivity contribution in [2.24, 2.45) is 5.84 Å². The van der Waals surface area contributed by atoms with Gasteiger partial charge in [0.15, 0.2) is 5.69 Å². The molecule has 2 aromatic rings. The molecule has 0 aliphatic carbocycles. The number of nitrogens with two attached hydrogens (primary N) is 1. The quantitative estimate of drug-likeness (QED) is 0.473. The Morgan fingerprint density at radius 2 is 2.25 bits per heavy atom. The molecule has 1 aromatic carbocycles. The summed E-state index contributed by atoms with van der Waals surface area (Å²) in [5, 5.41) is 7.53. The van der Waals surface area contributed by atoms with Crippen molar-refractivity contribution in [3.63, 3.8) is 0 Å². The van der Waals surface area contributed by atoms with E-state index in [-0.39, 0.29) is 5.69 Å².